The van der Waals surface area contributed by atoms with E-state index in [4.69, 9.17) is 15.7 Å². The molecule has 0 saturated heterocycles. The van der Waals surface area contributed by atoms with Gasteiger partial charge in [0.15, 0.2) is 0 Å². The fourth-order valence-corrected chi connectivity index (χ4v) is 4.19. The van der Waals surface area contributed by atoms with Gasteiger partial charge in [0.1, 0.15) is 28.9 Å². The number of H-pyrrole nitrogens is 1. The van der Waals surface area contributed by atoms with Crippen molar-refractivity contribution in [3.63, 3.8) is 0 Å². The Hall–Kier alpha value is -3.50. The molecule has 0 bridgehead atoms. The van der Waals surface area contributed by atoms with Crippen LogP contribution in [0.15, 0.2) is 42.6 Å². The molecule has 0 atom stereocenters. The van der Waals surface area contributed by atoms with E-state index in [9.17, 15) is 5.26 Å². The largest absolute Gasteiger partial charge is 0.367 e. The van der Waals surface area contributed by atoms with Gasteiger partial charge >= 0.3 is 0 Å². The fraction of sp³-hybridized carbons (Fsp3) is 0.304. The van der Waals surface area contributed by atoms with Crippen molar-refractivity contribution in [1.82, 2.24) is 19.9 Å². The molecule has 1 aliphatic carbocycles. The Morgan fingerprint density at radius 1 is 1.13 bits per heavy atom. The van der Waals surface area contributed by atoms with Gasteiger partial charge in [-0.25, -0.2) is 9.97 Å². The summed E-state index contributed by atoms with van der Waals surface area (Å²) >= 11 is 0. The maximum absolute atomic E-state index is 9.22. The molecule has 5 rings (SSSR count). The first kappa shape index (κ1) is 18.5. The third kappa shape index (κ3) is 3.58. The van der Waals surface area contributed by atoms with E-state index in [1.807, 2.05) is 24.3 Å². The number of rotatable bonds is 4. The molecule has 1 aromatic carbocycles. The molecule has 0 aliphatic heterocycles. The van der Waals surface area contributed by atoms with Gasteiger partial charge in [-0.1, -0.05) is 30.3 Å². The van der Waals surface area contributed by atoms with Gasteiger partial charge in [-0.3, -0.25) is 4.98 Å². The van der Waals surface area contributed by atoms with Crippen LogP contribution in [0.3, 0.4) is 0 Å². The second kappa shape index (κ2) is 7.73. The molecule has 150 valence electrons. The summed E-state index contributed by atoms with van der Waals surface area (Å²) in [7, 11) is 0. The van der Waals surface area contributed by atoms with Crippen molar-refractivity contribution in [2.75, 3.05) is 5.32 Å². The molecule has 1 aliphatic rings. The monoisotopic (exact) mass is 397 g/mol. The Labute approximate surface area is 174 Å². The van der Waals surface area contributed by atoms with Crippen molar-refractivity contribution in [3.05, 3.63) is 59.5 Å². The van der Waals surface area contributed by atoms with Crippen molar-refractivity contribution in [3.8, 4) is 6.07 Å². The number of nitrogens with two attached hydrogens (primary N) is 1. The Morgan fingerprint density at radius 3 is 2.70 bits per heavy atom. The normalized spacial score (nSPS) is 19.1. The van der Waals surface area contributed by atoms with E-state index in [0.717, 1.165) is 65.0 Å². The topological polar surface area (TPSA) is 116 Å². The van der Waals surface area contributed by atoms with Gasteiger partial charge in [0, 0.05) is 24.7 Å². The standard InChI is InChI=1S/C23H23N7/c24-12-15-10-18-21(26-13-15)20-22(27-17-8-6-16(25)7-9-17)29-19(30-23(20)28-18)11-14-4-2-1-3-5-14/h1-5,10,13,16-17H,6-9,11,25H2,(H2,27,28,29,30). The lowest BCUT2D eigenvalue weighted by molar-refractivity contribution is 0.410. The average Bonchev–Trinajstić information content (AvgIpc) is 3.13. The summed E-state index contributed by atoms with van der Waals surface area (Å²) in [6.45, 7) is 0. The van der Waals surface area contributed by atoms with Crippen molar-refractivity contribution in [2.24, 2.45) is 5.73 Å². The summed E-state index contributed by atoms with van der Waals surface area (Å²) in [4.78, 5) is 17.5. The quantitative estimate of drug-likeness (QED) is 0.484. The fourth-order valence-electron chi connectivity index (χ4n) is 4.19. The first-order valence-corrected chi connectivity index (χ1v) is 10.3. The van der Waals surface area contributed by atoms with E-state index in [1.165, 1.54) is 0 Å². The van der Waals surface area contributed by atoms with Gasteiger partial charge in [-0.05, 0) is 37.3 Å². The molecule has 1 saturated carbocycles. The number of aromatic nitrogens is 4. The van der Waals surface area contributed by atoms with Crippen LogP contribution in [-0.4, -0.2) is 32.0 Å². The van der Waals surface area contributed by atoms with Gasteiger partial charge in [0.2, 0.25) is 0 Å². The van der Waals surface area contributed by atoms with Crippen LogP contribution in [0.5, 0.6) is 0 Å². The number of aromatic amines is 1. The van der Waals surface area contributed by atoms with Crippen LogP contribution >= 0.6 is 0 Å². The molecule has 0 unspecified atom stereocenters. The number of hydrogen-bond acceptors (Lipinski definition) is 6. The molecule has 3 aromatic heterocycles. The van der Waals surface area contributed by atoms with Crippen molar-refractivity contribution < 1.29 is 0 Å². The minimum atomic E-state index is 0.293. The van der Waals surface area contributed by atoms with Crippen LogP contribution in [0, 0.1) is 11.3 Å². The number of anilines is 1. The Morgan fingerprint density at radius 2 is 1.93 bits per heavy atom. The molecule has 4 aromatic rings. The number of fused-ring (bicyclic) bond motifs is 3. The molecule has 7 nitrogen and oxygen atoms in total. The van der Waals surface area contributed by atoms with Gasteiger partial charge in [-0.15, -0.1) is 0 Å². The van der Waals surface area contributed by atoms with Crippen LogP contribution in [0.2, 0.25) is 0 Å². The maximum atomic E-state index is 9.22. The second-order valence-corrected chi connectivity index (χ2v) is 7.99. The lowest BCUT2D eigenvalue weighted by atomic mass is 9.92. The highest BCUT2D eigenvalue weighted by Crippen LogP contribution is 2.31. The Bertz CT molecular complexity index is 1230. The molecule has 7 heteroatoms. The number of benzene rings is 1. The molecule has 4 N–H and O–H groups in total. The SMILES string of the molecule is N#Cc1cnc2c(c1)[nH]c1nc(Cc3ccccc3)nc(NC3CCC(N)CC3)c12. The first-order chi connectivity index (χ1) is 14.7. The van der Waals surface area contributed by atoms with Crippen LogP contribution in [0.1, 0.15) is 42.6 Å². The van der Waals surface area contributed by atoms with Crippen LogP contribution in [0.4, 0.5) is 5.82 Å². The van der Waals surface area contributed by atoms with Gasteiger partial charge in [-0.2, -0.15) is 5.26 Å². The summed E-state index contributed by atoms with van der Waals surface area (Å²) in [5, 5.41) is 13.7. The molecule has 0 amide bonds. The predicted octanol–water partition coefficient (Wildman–Crippen LogP) is 3.65. The van der Waals surface area contributed by atoms with E-state index in [-0.39, 0.29) is 0 Å². The minimum absolute atomic E-state index is 0.293. The summed E-state index contributed by atoms with van der Waals surface area (Å²) in [5.41, 5.74) is 10.1. The molecule has 30 heavy (non-hydrogen) atoms. The number of hydrogen-bond donors (Lipinski definition) is 3. The van der Waals surface area contributed by atoms with Crippen LogP contribution in [0.25, 0.3) is 22.1 Å². The maximum Gasteiger partial charge on any atom is 0.145 e. The molecular formula is C23H23N7. The van der Waals surface area contributed by atoms with E-state index in [1.54, 1.807) is 6.20 Å². The van der Waals surface area contributed by atoms with Crippen molar-refractivity contribution >= 4 is 27.9 Å². The zero-order chi connectivity index (χ0) is 20.5. The third-order valence-corrected chi connectivity index (χ3v) is 5.78. The zero-order valence-electron chi connectivity index (χ0n) is 16.6. The Kier molecular flexibility index (Phi) is 4.77. The Balaban J connectivity index is 1.60. The van der Waals surface area contributed by atoms with Crippen molar-refractivity contribution in [1.29, 1.82) is 5.26 Å². The highest BCUT2D eigenvalue weighted by Gasteiger charge is 2.22. The highest BCUT2D eigenvalue weighted by atomic mass is 15.1. The molecular weight excluding hydrogens is 374 g/mol. The summed E-state index contributed by atoms with van der Waals surface area (Å²) < 4.78 is 0. The smallest absolute Gasteiger partial charge is 0.145 e. The minimum Gasteiger partial charge on any atom is -0.367 e. The first-order valence-electron chi connectivity index (χ1n) is 10.3. The number of nitrogens with zero attached hydrogens (tertiary/aromatic N) is 4. The predicted molar refractivity (Wildman–Crippen MR) is 117 cm³/mol. The lowest BCUT2D eigenvalue weighted by Gasteiger charge is -2.27. The van der Waals surface area contributed by atoms with Gasteiger partial charge in [0.05, 0.1) is 16.5 Å². The molecule has 0 radical (unpaired) electrons. The summed E-state index contributed by atoms with van der Waals surface area (Å²) in [6, 6.07) is 14.8. The lowest BCUT2D eigenvalue weighted by Crippen LogP contribution is -2.33. The van der Waals surface area contributed by atoms with Gasteiger partial charge in [0.25, 0.3) is 0 Å². The number of pyridine rings is 1. The van der Waals surface area contributed by atoms with E-state index >= 15 is 0 Å². The molecule has 1 fully saturated rings. The van der Waals surface area contributed by atoms with Crippen LogP contribution < -0.4 is 11.1 Å². The van der Waals surface area contributed by atoms with Crippen molar-refractivity contribution in [2.45, 2.75) is 44.2 Å². The average molecular weight is 397 g/mol. The number of nitriles is 1. The highest BCUT2D eigenvalue weighted by molar-refractivity contribution is 6.09. The van der Waals surface area contributed by atoms with E-state index in [0.29, 0.717) is 24.1 Å². The summed E-state index contributed by atoms with van der Waals surface area (Å²) in [6.07, 6.45) is 6.31. The summed E-state index contributed by atoms with van der Waals surface area (Å²) in [5.74, 6) is 1.55. The van der Waals surface area contributed by atoms with Gasteiger partial charge < -0.3 is 16.0 Å². The van der Waals surface area contributed by atoms with E-state index in [2.05, 4.69) is 33.5 Å². The third-order valence-electron chi connectivity index (χ3n) is 5.78. The van der Waals surface area contributed by atoms with E-state index < -0.39 is 0 Å². The molecule has 0 spiro atoms. The second-order valence-electron chi connectivity index (χ2n) is 7.99. The number of nitrogens with one attached hydrogen (secondary N) is 2. The zero-order valence-corrected chi connectivity index (χ0v) is 16.6. The molecule has 3 heterocycles. The van der Waals surface area contributed by atoms with Crippen LogP contribution in [-0.2, 0) is 6.42 Å².